The van der Waals surface area contributed by atoms with Crippen molar-refractivity contribution in [3.05, 3.63) is 80.1 Å². The van der Waals surface area contributed by atoms with Gasteiger partial charge in [-0.1, -0.05) is 68.6 Å². The van der Waals surface area contributed by atoms with E-state index in [4.69, 9.17) is 25.8 Å². The monoisotopic (exact) mass is 605 g/mol. The summed E-state index contributed by atoms with van der Waals surface area (Å²) in [4.78, 5) is 30.3. The maximum absolute atomic E-state index is 14.0. The Hall–Kier alpha value is -3.09. The van der Waals surface area contributed by atoms with Crippen LogP contribution in [0.1, 0.15) is 81.5 Å². The van der Waals surface area contributed by atoms with Crippen LogP contribution in [0.2, 0.25) is 5.02 Å². The average molecular weight is 606 g/mol. The zero-order valence-corrected chi connectivity index (χ0v) is 27.5. The molecule has 0 saturated heterocycles. The van der Waals surface area contributed by atoms with Crippen LogP contribution in [-0.2, 0) is 20.9 Å². The molecule has 0 unspecified atom stereocenters. The Kier molecular flexibility index (Phi) is 8.58. The van der Waals surface area contributed by atoms with E-state index in [-0.39, 0.29) is 22.4 Å². The van der Waals surface area contributed by atoms with Crippen molar-refractivity contribution in [2.45, 2.75) is 79.8 Å². The number of carbonyl (C=O) groups excluding carboxylic acids is 2. The molecule has 43 heavy (non-hydrogen) atoms. The first-order chi connectivity index (χ1) is 20.2. The number of benzene rings is 2. The number of carbonyl (C=O) groups is 2. The summed E-state index contributed by atoms with van der Waals surface area (Å²) in [7, 11) is 3.27. The van der Waals surface area contributed by atoms with Crippen LogP contribution in [0, 0.1) is 24.7 Å². The number of aryl methyl sites for hydroxylation is 2. The molecule has 2 aliphatic carbocycles. The van der Waals surface area contributed by atoms with Crippen LogP contribution >= 0.6 is 11.6 Å². The van der Waals surface area contributed by atoms with Gasteiger partial charge in [-0.25, -0.2) is 0 Å². The highest BCUT2D eigenvalue weighted by molar-refractivity contribution is 6.32. The van der Waals surface area contributed by atoms with E-state index >= 15 is 0 Å². The zero-order valence-electron chi connectivity index (χ0n) is 26.8. The van der Waals surface area contributed by atoms with Crippen LogP contribution in [-0.4, -0.2) is 43.8 Å². The molecule has 2 aromatic carbocycles. The van der Waals surface area contributed by atoms with Gasteiger partial charge in [-0.3, -0.25) is 9.59 Å². The van der Waals surface area contributed by atoms with Gasteiger partial charge in [0.25, 0.3) is 0 Å². The van der Waals surface area contributed by atoms with Gasteiger partial charge in [0, 0.05) is 55.0 Å². The second kappa shape index (κ2) is 11.8. The first kappa shape index (κ1) is 31.3. The summed E-state index contributed by atoms with van der Waals surface area (Å²) in [6, 6.07) is 10.1. The normalized spacial score (nSPS) is 19.9. The average Bonchev–Trinajstić information content (AvgIpc) is 2.88. The Morgan fingerprint density at radius 3 is 1.91 bits per heavy atom. The molecule has 1 aliphatic heterocycles. The first-order valence-electron chi connectivity index (χ1n) is 15.1. The molecule has 5 rings (SSSR count). The molecule has 2 aromatic rings. The third kappa shape index (κ3) is 6.28. The third-order valence-electron chi connectivity index (χ3n) is 8.79. The topological polar surface area (TPSA) is 65.1 Å². The van der Waals surface area contributed by atoms with Crippen LogP contribution in [0.25, 0.3) is 0 Å². The van der Waals surface area contributed by atoms with Gasteiger partial charge in [-0.15, -0.1) is 0 Å². The highest BCUT2D eigenvalue weighted by atomic mass is 35.5. The van der Waals surface area contributed by atoms with E-state index < -0.39 is 5.92 Å². The van der Waals surface area contributed by atoms with Crippen molar-refractivity contribution in [3.63, 3.8) is 0 Å². The van der Waals surface area contributed by atoms with Gasteiger partial charge in [0.05, 0.1) is 18.7 Å². The summed E-state index contributed by atoms with van der Waals surface area (Å²) < 4.78 is 17.5. The molecule has 0 aromatic heterocycles. The molecule has 1 heterocycles. The molecule has 0 atom stereocenters. The smallest absolute Gasteiger partial charge is 0.180 e. The van der Waals surface area contributed by atoms with Gasteiger partial charge in [-0.05, 0) is 60.8 Å². The van der Waals surface area contributed by atoms with Crippen molar-refractivity contribution in [2.75, 3.05) is 27.4 Å². The Morgan fingerprint density at radius 1 is 0.837 bits per heavy atom. The predicted molar refractivity (Wildman–Crippen MR) is 170 cm³/mol. The van der Waals surface area contributed by atoms with E-state index in [2.05, 4.69) is 64.6 Å². The Bertz CT molecular complexity index is 1460. The predicted octanol–water partition coefficient (Wildman–Crippen LogP) is 7.88. The fourth-order valence-corrected chi connectivity index (χ4v) is 7.46. The second-order valence-electron chi connectivity index (χ2n) is 14.0. The second-order valence-corrected chi connectivity index (χ2v) is 14.4. The fourth-order valence-electron chi connectivity index (χ4n) is 7.19. The van der Waals surface area contributed by atoms with E-state index in [0.29, 0.717) is 60.3 Å². The van der Waals surface area contributed by atoms with E-state index in [9.17, 15) is 9.59 Å². The summed E-state index contributed by atoms with van der Waals surface area (Å²) in [5.41, 5.74) is 7.14. The maximum Gasteiger partial charge on any atom is 0.180 e. The fraction of sp³-hybridized carbons (Fsp3) is 0.500. The number of methoxy groups -OCH3 is 2. The van der Waals surface area contributed by atoms with Crippen molar-refractivity contribution in [1.82, 2.24) is 4.90 Å². The lowest BCUT2D eigenvalue weighted by Gasteiger charge is -2.49. The molecule has 0 amide bonds. The number of Topliss-reactive ketones (excluding diaryl/α,β-unsaturated/α-hetero) is 2. The van der Waals surface area contributed by atoms with Crippen molar-refractivity contribution < 1.29 is 23.8 Å². The molecular formula is C36H44ClNO5. The number of allylic oxidation sites excluding steroid dienone is 4. The zero-order chi connectivity index (χ0) is 31.3. The van der Waals surface area contributed by atoms with E-state index in [1.165, 1.54) is 0 Å². The lowest BCUT2D eigenvalue weighted by Crippen LogP contribution is -2.45. The minimum absolute atomic E-state index is 0.0769. The number of nitrogens with zero attached hydrogens (tertiary/aromatic N) is 1. The molecule has 3 aliphatic rings. The number of rotatable bonds is 8. The Balaban J connectivity index is 1.64. The number of ketones is 2. The molecular weight excluding hydrogens is 562 g/mol. The minimum Gasteiger partial charge on any atom is -0.493 e. The minimum atomic E-state index is -0.518. The molecule has 0 N–H and O–H groups in total. The maximum atomic E-state index is 14.0. The number of hydrogen-bond acceptors (Lipinski definition) is 6. The summed E-state index contributed by atoms with van der Waals surface area (Å²) in [5, 5.41) is 0.386. The largest absolute Gasteiger partial charge is 0.493 e. The van der Waals surface area contributed by atoms with Gasteiger partial charge >= 0.3 is 0 Å². The van der Waals surface area contributed by atoms with E-state index in [1.807, 2.05) is 12.1 Å². The van der Waals surface area contributed by atoms with Gasteiger partial charge in [0.2, 0.25) is 0 Å². The SMILES string of the molecule is COCCN1C2=C(C(=O)CC(C)(C)C2)C(c2cc(Cl)c(OCc3cc(C)cc(C)c3)c(OC)c2)C2=C1CC(C)(C)CC2=O. The van der Waals surface area contributed by atoms with Crippen LogP contribution in [0.5, 0.6) is 11.5 Å². The summed E-state index contributed by atoms with van der Waals surface area (Å²) in [6.45, 7) is 14.1. The van der Waals surface area contributed by atoms with Crippen LogP contribution < -0.4 is 9.47 Å². The van der Waals surface area contributed by atoms with Gasteiger partial charge in [0.15, 0.2) is 23.1 Å². The standard InChI is InChI=1S/C36H44ClNO5/c1-21-11-22(2)13-23(12-21)20-43-34-25(37)14-24(15-30(34)42-8)31-32-26(16-35(3,4)18-28(32)39)38(9-10-41-7)27-17-36(5,6)19-29(40)33(27)31/h11-15,31H,9-10,16-20H2,1-8H3. The molecule has 0 saturated carbocycles. The molecule has 0 radical (unpaired) electrons. The summed E-state index contributed by atoms with van der Waals surface area (Å²) in [5.74, 6) is 0.558. The van der Waals surface area contributed by atoms with Crippen LogP contribution in [0.4, 0.5) is 0 Å². The van der Waals surface area contributed by atoms with Gasteiger partial charge in [-0.2, -0.15) is 0 Å². The Labute approximate surface area is 261 Å². The third-order valence-corrected chi connectivity index (χ3v) is 9.07. The molecule has 0 bridgehead atoms. The summed E-state index contributed by atoms with van der Waals surface area (Å²) in [6.07, 6.45) is 2.32. The number of halogens is 1. The number of ether oxygens (including phenoxy) is 3. The van der Waals surface area contributed by atoms with Crippen LogP contribution in [0.3, 0.4) is 0 Å². The summed E-state index contributed by atoms with van der Waals surface area (Å²) >= 11 is 6.94. The van der Waals surface area contributed by atoms with Crippen LogP contribution in [0.15, 0.2) is 52.9 Å². The Morgan fingerprint density at radius 2 is 1.40 bits per heavy atom. The van der Waals surface area contributed by atoms with Crippen molar-refractivity contribution in [3.8, 4) is 11.5 Å². The molecule has 230 valence electrons. The lowest BCUT2D eigenvalue weighted by molar-refractivity contribution is -0.119. The molecule has 6 nitrogen and oxygen atoms in total. The molecule has 7 heteroatoms. The molecule has 0 fully saturated rings. The van der Waals surface area contributed by atoms with Crippen molar-refractivity contribution in [1.29, 1.82) is 0 Å². The quantitative estimate of drug-likeness (QED) is 0.305. The van der Waals surface area contributed by atoms with E-state index in [1.54, 1.807) is 14.2 Å². The van der Waals surface area contributed by atoms with Crippen molar-refractivity contribution >= 4 is 23.2 Å². The van der Waals surface area contributed by atoms with Crippen molar-refractivity contribution in [2.24, 2.45) is 10.8 Å². The number of hydrogen-bond donors (Lipinski definition) is 0. The lowest BCUT2D eigenvalue weighted by atomic mass is 9.63. The highest BCUT2D eigenvalue weighted by Crippen LogP contribution is 2.55. The van der Waals surface area contributed by atoms with Gasteiger partial charge < -0.3 is 19.1 Å². The van der Waals surface area contributed by atoms with E-state index in [0.717, 1.165) is 46.5 Å². The molecule has 0 spiro atoms. The first-order valence-corrected chi connectivity index (χ1v) is 15.5. The highest BCUT2D eigenvalue weighted by Gasteiger charge is 2.49. The van der Waals surface area contributed by atoms with Gasteiger partial charge in [0.1, 0.15) is 6.61 Å².